The third-order valence-corrected chi connectivity index (χ3v) is 4.40. The van der Waals surface area contributed by atoms with E-state index in [1.165, 1.54) is 0 Å². The topological polar surface area (TPSA) is 60.8 Å². The summed E-state index contributed by atoms with van der Waals surface area (Å²) in [5.41, 5.74) is 1.71. The van der Waals surface area contributed by atoms with Gasteiger partial charge in [-0.25, -0.2) is 0 Å². The highest BCUT2D eigenvalue weighted by Crippen LogP contribution is 2.21. The lowest BCUT2D eigenvalue weighted by atomic mass is 10.0. The maximum atomic E-state index is 12.4. The van der Waals surface area contributed by atoms with Crippen molar-refractivity contribution in [2.75, 3.05) is 7.05 Å². The lowest BCUT2D eigenvalue weighted by Crippen LogP contribution is -2.37. The molecule has 2 N–H and O–H groups in total. The highest BCUT2D eigenvalue weighted by atomic mass is 35.5. The molecule has 0 heterocycles. The predicted molar refractivity (Wildman–Crippen MR) is 95.1 cm³/mol. The second-order valence-corrected chi connectivity index (χ2v) is 6.43. The normalized spacial score (nSPS) is 13.3. The summed E-state index contributed by atoms with van der Waals surface area (Å²) in [6.45, 7) is 1.96. The van der Waals surface area contributed by atoms with E-state index in [-0.39, 0.29) is 24.1 Å². The van der Waals surface area contributed by atoms with Crippen LogP contribution in [0, 0.1) is 0 Å². The van der Waals surface area contributed by atoms with Gasteiger partial charge >= 0.3 is 0 Å². The lowest BCUT2D eigenvalue weighted by Gasteiger charge is -2.26. The Morgan fingerprint density at radius 1 is 1.12 bits per heavy atom. The molecule has 0 radical (unpaired) electrons. The monoisotopic (exact) mass is 347 g/mol. The van der Waals surface area contributed by atoms with Crippen molar-refractivity contribution in [1.29, 1.82) is 0 Å². The summed E-state index contributed by atoms with van der Waals surface area (Å²) >= 11 is 5.83. The third kappa shape index (κ3) is 4.98. The quantitative estimate of drug-likeness (QED) is 0.840. The van der Waals surface area contributed by atoms with Crippen molar-refractivity contribution in [2.45, 2.75) is 31.9 Å². The first kappa shape index (κ1) is 18.3. The molecule has 2 aromatic rings. The average molecular weight is 348 g/mol. The number of nitrogens with zero attached hydrogens (tertiary/aromatic N) is 1. The van der Waals surface area contributed by atoms with Gasteiger partial charge in [-0.15, -0.1) is 0 Å². The van der Waals surface area contributed by atoms with E-state index in [9.17, 15) is 15.0 Å². The number of phenolic OH excluding ortho intramolecular Hbond substituents is 1. The van der Waals surface area contributed by atoms with Crippen LogP contribution in [0.2, 0.25) is 5.02 Å². The standard InChI is InChI=1S/C19H22ClNO3/c1-13(11-14-3-9-17(22)10-4-14)21(2)19(24)12-18(23)15-5-7-16(20)8-6-15/h3-10,13,18,22-23H,11-12H2,1-2H3. The molecule has 0 aliphatic carbocycles. The highest BCUT2D eigenvalue weighted by molar-refractivity contribution is 6.30. The third-order valence-electron chi connectivity index (χ3n) is 4.14. The Kier molecular flexibility index (Phi) is 6.23. The van der Waals surface area contributed by atoms with E-state index < -0.39 is 6.10 Å². The Bertz CT molecular complexity index is 670. The Hall–Kier alpha value is -2.04. The summed E-state index contributed by atoms with van der Waals surface area (Å²) in [5, 5.41) is 20.1. The van der Waals surface area contributed by atoms with Crippen molar-refractivity contribution in [1.82, 2.24) is 4.90 Å². The van der Waals surface area contributed by atoms with Gasteiger partial charge in [-0.1, -0.05) is 35.9 Å². The molecular formula is C19H22ClNO3. The van der Waals surface area contributed by atoms with E-state index >= 15 is 0 Å². The van der Waals surface area contributed by atoms with Crippen molar-refractivity contribution < 1.29 is 15.0 Å². The van der Waals surface area contributed by atoms with Crippen molar-refractivity contribution in [3.05, 3.63) is 64.7 Å². The second kappa shape index (κ2) is 8.18. The predicted octanol–water partition coefficient (Wildman–Crippen LogP) is 3.56. The molecule has 5 heteroatoms. The molecule has 0 saturated heterocycles. The Morgan fingerprint density at radius 2 is 1.71 bits per heavy atom. The van der Waals surface area contributed by atoms with Gasteiger partial charge in [0.15, 0.2) is 0 Å². The Morgan fingerprint density at radius 3 is 2.29 bits per heavy atom. The lowest BCUT2D eigenvalue weighted by molar-refractivity contribution is -0.133. The van der Waals surface area contributed by atoms with Crippen molar-refractivity contribution in [2.24, 2.45) is 0 Å². The molecule has 4 nitrogen and oxygen atoms in total. The molecule has 2 rings (SSSR count). The number of aliphatic hydroxyl groups excluding tert-OH is 1. The zero-order valence-corrected chi connectivity index (χ0v) is 14.6. The fourth-order valence-electron chi connectivity index (χ4n) is 2.47. The number of amides is 1. The SMILES string of the molecule is CC(Cc1ccc(O)cc1)N(C)C(=O)CC(O)c1ccc(Cl)cc1. The number of phenols is 1. The molecule has 0 aliphatic rings. The van der Waals surface area contributed by atoms with Gasteiger partial charge in [0.1, 0.15) is 5.75 Å². The van der Waals surface area contributed by atoms with Crippen LogP contribution < -0.4 is 0 Å². The molecule has 0 fully saturated rings. The van der Waals surface area contributed by atoms with Crippen LogP contribution in [-0.2, 0) is 11.2 Å². The summed E-state index contributed by atoms with van der Waals surface area (Å²) in [5.74, 6) is 0.102. The van der Waals surface area contributed by atoms with Crippen molar-refractivity contribution in [3.63, 3.8) is 0 Å². The summed E-state index contributed by atoms with van der Waals surface area (Å²) in [6.07, 6.45) is -0.143. The first-order valence-corrected chi connectivity index (χ1v) is 8.21. The number of aromatic hydroxyl groups is 1. The number of benzene rings is 2. The van der Waals surface area contributed by atoms with Crippen LogP contribution >= 0.6 is 11.6 Å². The molecule has 2 atom stereocenters. The number of rotatable bonds is 6. The molecular weight excluding hydrogens is 326 g/mol. The van der Waals surface area contributed by atoms with Gasteiger partial charge in [0.25, 0.3) is 0 Å². The zero-order chi connectivity index (χ0) is 17.7. The number of hydrogen-bond acceptors (Lipinski definition) is 3. The van der Waals surface area contributed by atoms with E-state index in [0.29, 0.717) is 17.0 Å². The molecule has 24 heavy (non-hydrogen) atoms. The number of hydrogen-bond donors (Lipinski definition) is 2. The summed E-state index contributed by atoms with van der Waals surface area (Å²) in [4.78, 5) is 14.0. The first-order chi connectivity index (χ1) is 11.4. The average Bonchev–Trinajstić information content (AvgIpc) is 2.56. The van der Waals surface area contributed by atoms with Gasteiger partial charge in [0, 0.05) is 18.1 Å². The number of carbonyl (C=O) groups is 1. The van der Waals surface area contributed by atoms with Crippen LogP contribution in [-0.4, -0.2) is 34.1 Å². The summed E-state index contributed by atoms with van der Waals surface area (Å²) in [7, 11) is 1.74. The van der Waals surface area contributed by atoms with Gasteiger partial charge < -0.3 is 15.1 Å². The molecule has 2 aromatic carbocycles. The van der Waals surface area contributed by atoms with E-state index in [4.69, 9.17) is 11.6 Å². The van der Waals surface area contributed by atoms with E-state index in [1.807, 2.05) is 19.1 Å². The van der Waals surface area contributed by atoms with E-state index in [1.54, 1.807) is 48.3 Å². The minimum Gasteiger partial charge on any atom is -0.508 e. The van der Waals surface area contributed by atoms with Crippen molar-refractivity contribution in [3.8, 4) is 5.75 Å². The smallest absolute Gasteiger partial charge is 0.225 e. The van der Waals surface area contributed by atoms with E-state index in [2.05, 4.69) is 0 Å². The van der Waals surface area contributed by atoms with Gasteiger partial charge in [-0.2, -0.15) is 0 Å². The summed E-state index contributed by atoms with van der Waals surface area (Å²) in [6, 6.07) is 13.8. The van der Waals surface area contributed by atoms with E-state index in [0.717, 1.165) is 5.56 Å². The molecule has 1 amide bonds. The largest absolute Gasteiger partial charge is 0.508 e. The van der Waals surface area contributed by atoms with Crippen LogP contribution in [0.25, 0.3) is 0 Å². The Labute approximate surface area is 147 Å². The maximum Gasteiger partial charge on any atom is 0.225 e. The van der Waals surface area contributed by atoms with Crippen LogP contribution in [0.5, 0.6) is 5.75 Å². The second-order valence-electron chi connectivity index (χ2n) is 6.00. The minimum atomic E-state index is -0.849. The van der Waals surface area contributed by atoms with Crippen molar-refractivity contribution >= 4 is 17.5 Å². The van der Waals surface area contributed by atoms with Crippen LogP contribution in [0.4, 0.5) is 0 Å². The fourth-order valence-corrected chi connectivity index (χ4v) is 2.59. The number of likely N-dealkylation sites (N-methyl/N-ethyl adjacent to an activating group) is 1. The molecule has 0 saturated carbocycles. The van der Waals surface area contributed by atoms with Crippen LogP contribution in [0.15, 0.2) is 48.5 Å². The Balaban J connectivity index is 1.92. The number of carbonyl (C=O) groups excluding carboxylic acids is 1. The van der Waals surface area contributed by atoms with Crippen LogP contribution in [0.1, 0.15) is 30.6 Å². The highest BCUT2D eigenvalue weighted by Gasteiger charge is 2.20. The molecule has 128 valence electrons. The number of halogens is 1. The fraction of sp³-hybridized carbons (Fsp3) is 0.316. The molecule has 2 unspecified atom stereocenters. The minimum absolute atomic E-state index is 0.0144. The molecule has 0 aromatic heterocycles. The molecule has 0 spiro atoms. The zero-order valence-electron chi connectivity index (χ0n) is 13.8. The maximum absolute atomic E-state index is 12.4. The van der Waals surface area contributed by atoms with Gasteiger partial charge in [-0.05, 0) is 48.7 Å². The van der Waals surface area contributed by atoms with Gasteiger partial charge in [0.2, 0.25) is 5.91 Å². The number of aliphatic hydroxyl groups is 1. The molecule has 0 bridgehead atoms. The summed E-state index contributed by atoms with van der Waals surface area (Å²) < 4.78 is 0. The van der Waals surface area contributed by atoms with Crippen LogP contribution in [0.3, 0.4) is 0 Å². The van der Waals surface area contributed by atoms with Gasteiger partial charge in [-0.3, -0.25) is 4.79 Å². The molecule has 0 aliphatic heterocycles. The first-order valence-electron chi connectivity index (χ1n) is 7.84. The van der Waals surface area contributed by atoms with Gasteiger partial charge in [0.05, 0.1) is 12.5 Å².